The third-order valence-electron chi connectivity index (χ3n) is 4.72. The lowest BCUT2D eigenvalue weighted by molar-refractivity contribution is 0.0966. The molecule has 0 aliphatic heterocycles. The SMILES string of the molecule is CN(c1nc2[nH]ncc2c(=O)[nH]1)C1CC(C)(C)CC(C)(C)C1. The minimum absolute atomic E-state index is 0.144. The van der Waals surface area contributed by atoms with E-state index in [2.05, 4.69) is 52.8 Å². The van der Waals surface area contributed by atoms with Crippen LogP contribution in [0.2, 0.25) is 0 Å². The fourth-order valence-electron chi connectivity index (χ4n) is 4.24. The lowest BCUT2D eigenvalue weighted by atomic mass is 9.63. The highest BCUT2D eigenvalue weighted by molar-refractivity contribution is 5.73. The van der Waals surface area contributed by atoms with Crippen LogP contribution < -0.4 is 10.5 Å². The van der Waals surface area contributed by atoms with Crippen molar-refractivity contribution in [3.05, 3.63) is 16.6 Å². The normalized spacial score (nSPS) is 21.1. The van der Waals surface area contributed by atoms with Crippen LogP contribution in [0.1, 0.15) is 47.0 Å². The highest BCUT2D eigenvalue weighted by Crippen LogP contribution is 2.47. The average molecular weight is 303 g/mol. The number of nitrogens with zero attached hydrogens (tertiary/aromatic N) is 3. The first-order valence-electron chi connectivity index (χ1n) is 7.83. The summed E-state index contributed by atoms with van der Waals surface area (Å²) < 4.78 is 0. The van der Waals surface area contributed by atoms with E-state index in [9.17, 15) is 4.79 Å². The number of H-pyrrole nitrogens is 2. The van der Waals surface area contributed by atoms with Gasteiger partial charge in [-0.3, -0.25) is 14.9 Å². The molecule has 3 rings (SSSR count). The number of aromatic amines is 2. The predicted octanol–water partition coefficient (Wildman–Crippen LogP) is 2.69. The zero-order valence-corrected chi connectivity index (χ0v) is 14.0. The van der Waals surface area contributed by atoms with Gasteiger partial charge in [0.2, 0.25) is 5.95 Å². The second-order valence-corrected chi connectivity index (χ2v) is 8.20. The van der Waals surface area contributed by atoms with Crippen LogP contribution in [0, 0.1) is 10.8 Å². The van der Waals surface area contributed by atoms with E-state index >= 15 is 0 Å². The van der Waals surface area contributed by atoms with E-state index < -0.39 is 0 Å². The Hall–Kier alpha value is -1.85. The molecule has 1 fully saturated rings. The van der Waals surface area contributed by atoms with Crippen molar-refractivity contribution in [3.63, 3.8) is 0 Å². The fourth-order valence-corrected chi connectivity index (χ4v) is 4.24. The third kappa shape index (κ3) is 2.74. The molecule has 0 atom stereocenters. The average Bonchev–Trinajstić information content (AvgIpc) is 2.82. The van der Waals surface area contributed by atoms with Gasteiger partial charge in [-0.2, -0.15) is 10.1 Å². The predicted molar refractivity (Wildman–Crippen MR) is 88.1 cm³/mol. The summed E-state index contributed by atoms with van der Waals surface area (Å²) in [6, 6.07) is 0.363. The molecule has 22 heavy (non-hydrogen) atoms. The van der Waals surface area contributed by atoms with Crippen LogP contribution in [0.15, 0.2) is 11.0 Å². The molecule has 0 bridgehead atoms. The summed E-state index contributed by atoms with van der Waals surface area (Å²) in [7, 11) is 2.02. The minimum atomic E-state index is -0.144. The smallest absolute Gasteiger partial charge is 0.263 e. The fraction of sp³-hybridized carbons (Fsp3) is 0.688. The van der Waals surface area contributed by atoms with Gasteiger partial charge >= 0.3 is 0 Å². The summed E-state index contributed by atoms with van der Waals surface area (Å²) in [4.78, 5) is 21.6. The van der Waals surface area contributed by atoms with Gasteiger partial charge in [-0.25, -0.2) is 0 Å². The molecular weight excluding hydrogens is 278 g/mol. The molecular formula is C16H25N5O. The highest BCUT2D eigenvalue weighted by atomic mass is 16.1. The molecule has 0 radical (unpaired) electrons. The Bertz CT molecular complexity index is 726. The molecule has 0 unspecified atom stereocenters. The Morgan fingerprint density at radius 1 is 1.23 bits per heavy atom. The quantitative estimate of drug-likeness (QED) is 0.894. The molecule has 0 aromatic carbocycles. The van der Waals surface area contributed by atoms with Crippen LogP contribution in [0.5, 0.6) is 0 Å². The minimum Gasteiger partial charge on any atom is -0.342 e. The second kappa shape index (κ2) is 4.83. The van der Waals surface area contributed by atoms with E-state index in [1.807, 2.05) is 7.05 Å². The first kappa shape index (κ1) is 15.1. The van der Waals surface area contributed by atoms with Gasteiger partial charge in [0, 0.05) is 13.1 Å². The first-order chi connectivity index (χ1) is 10.2. The van der Waals surface area contributed by atoms with Crippen LogP contribution >= 0.6 is 0 Å². The summed E-state index contributed by atoms with van der Waals surface area (Å²) >= 11 is 0. The molecule has 6 heteroatoms. The molecule has 2 aromatic rings. The Morgan fingerprint density at radius 3 is 2.50 bits per heavy atom. The van der Waals surface area contributed by atoms with E-state index in [4.69, 9.17) is 0 Å². The molecule has 6 nitrogen and oxygen atoms in total. The lowest BCUT2D eigenvalue weighted by Crippen LogP contribution is -2.45. The Labute approximate surface area is 130 Å². The van der Waals surface area contributed by atoms with E-state index in [0.29, 0.717) is 33.9 Å². The van der Waals surface area contributed by atoms with Crippen LogP contribution in [0.4, 0.5) is 5.95 Å². The van der Waals surface area contributed by atoms with Crippen molar-refractivity contribution >= 4 is 17.0 Å². The van der Waals surface area contributed by atoms with Gasteiger partial charge in [0.1, 0.15) is 5.39 Å². The highest BCUT2D eigenvalue weighted by Gasteiger charge is 2.40. The number of nitrogens with one attached hydrogen (secondary N) is 2. The molecule has 2 aromatic heterocycles. The van der Waals surface area contributed by atoms with Crippen molar-refractivity contribution in [3.8, 4) is 0 Å². The standard InChI is InChI=1S/C16H25N5O/c1-15(2)6-10(7-16(3,4)9-15)21(5)14-18-12-11(8-17-20-12)13(22)19-14/h8,10H,6-7,9H2,1-5H3,(H2,17,18,19,20,22). The number of rotatable bonds is 2. The lowest BCUT2D eigenvalue weighted by Gasteiger charge is -2.47. The molecule has 1 aliphatic rings. The molecule has 1 aliphatic carbocycles. The summed E-state index contributed by atoms with van der Waals surface area (Å²) in [6.07, 6.45) is 4.92. The van der Waals surface area contributed by atoms with E-state index in [1.54, 1.807) is 0 Å². The molecule has 2 N–H and O–H groups in total. The maximum Gasteiger partial charge on any atom is 0.263 e. The van der Waals surface area contributed by atoms with E-state index in [-0.39, 0.29) is 5.56 Å². The third-order valence-corrected chi connectivity index (χ3v) is 4.72. The molecule has 0 saturated heterocycles. The van der Waals surface area contributed by atoms with Crippen molar-refractivity contribution in [2.45, 2.75) is 53.0 Å². The number of fused-ring (bicyclic) bond motifs is 1. The van der Waals surface area contributed by atoms with Crippen LogP contribution in [0.3, 0.4) is 0 Å². The van der Waals surface area contributed by atoms with Crippen LogP contribution in [0.25, 0.3) is 11.0 Å². The van der Waals surface area contributed by atoms with Crippen molar-refractivity contribution < 1.29 is 0 Å². The Morgan fingerprint density at radius 2 is 1.86 bits per heavy atom. The molecule has 2 heterocycles. The van der Waals surface area contributed by atoms with Crippen molar-refractivity contribution in [1.29, 1.82) is 0 Å². The van der Waals surface area contributed by atoms with E-state index in [1.165, 1.54) is 12.6 Å². The largest absolute Gasteiger partial charge is 0.342 e. The van der Waals surface area contributed by atoms with Crippen LogP contribution in [-0.4, -0.2) is 33.3 Å². The molecule has 120 valence electrons. The summed E-state index contributed by atoms with van der Waals surface area (Å²) in [5.41, 5.74) is 0.979. The second-order valence-electron chi connectivity index (χ2n) is 8.20. The first-order valence-corrected chi connectivity index (χ1v) is 7.83. The van der Waals surface area contributed by atoms with Gasteiger partial charge in [0.25, 0.3) is 5.56 Å². The van der Waals surface area contributed by atoms with Gasteiger partial charge in [0.15, 0.2) is 5.65 Å². The molecule has 0 amide bonds. The zero-order chi connectivity index (χ0) is 16.1. The topological polar surface area (TPSA) is 77.7 Å². The summed E-state index contributed by atoms with van der Waals surface area (Å²) in [6.45, 7) is 9.29. The number of aromatic nitrogens is 4. The van der Waals surface area contributed by atoms with Gasteiger partial charge in [-0.1, -0.05) is 27.7 Å². The summed E-state index contributed by atoms with van der Waals surface area (Å²) in [5, 5.41) is 7.18. The van der Waals surface area contributed by atoms with Crippen molar-refractivity contribution in [1.82, 2.24) is 20.2 Å². The van der Waals surface area contributed by atoms with Gasteiger partial charge in [0.05, 0.1) is 6.20 Å². The van der Waals surface area contributed by atoms with Crippen molar-refractivity contribution in [2.75, 3.05) is 11.9 Å². The molecule has 1 saturated carbocycles. The molecule has 0 spiro atoms. The maximum absolute atomic E-state index is 12.1. The van der Waals surface area contributed by atoms with Gasteiger partial charge in [-0.15, -0.1) is 0 Å². The maximum atomic E-state index is 12.1. The van der Waals surface area contributed by atoms with Crippen molar-refractivity contribution in [2.24, 2.45) is 10.8 Å². The number of hydrogen-bond acceptors (Lipinski definition) is 4. The Balaban J connectivity index is 1.94. The van der Waals surface area contributed by atoms with Crippen LogP contribution in [-0.2, 0) is 0 Å². The van der Waals surface area contributed by atoms with E-state index in [0.717, 1.165) is 12.8 Å². The number of anilines is 1. The summed E-state index contributed by atoms with van der Waals surface area (Å²) in [5.74, 6) is 0.611. The van der Waals surface area contributed by atoms with Gasteiger partial charge in [-0.05, 0) is 30.1 Å². The van der Waals surface area contributed by atoms with Gasteiger partial charge < -0.3 is 4.90 Å². The Kier molecular flexibility index (Phi) is 3.30. The number of hydrogen-bond donors (Lipinski definition) is 2. The zero-order valence-electron chi connectivity index (χ0n) is 14.0. The monoisotopic (exact) mass is 303 g/mol.